The summed E-state index contributed by atoms with van der Waals surface area (Å²) in [5.41, 5.74) is 1.05. The number of hydrogen-bond donors (Lipinski definition) is 1. The van der Waals surface area contributed by atoms with Crippen LogP contribution >= 0.6 is 0 Å². The second-order valence-corrected chi connectivity index (χ2v) is 8.01. The molecule has 0 radical (unpaired) electrons. The number of carbonyl (C=O) groups excluding carboxylic acids is 1. The minimum atomic E-state index is -4.47. The van der Waals surface area contributed by atoms with E-state index in [0.717, 1.165) is 24.4 Å². The number of rotatable bonds is 3. The maximum absolute atomic E-state index is 13.2. The number of hydrogen-bond acceptors (Lipinski definition) is 7. The van der Waals surface area contributed by atoms with Gasteiger partial charge in [-0.2, -0.15) is 13.2 Å². The minimum Gasteiger partial charge on any atom is -0.401 e. The van der Waals surface area contributed by atoms with Crippen LogP contribution in [-0.2, 0) is 6.18 Å². The number of fused-ring (bicyclic) bond motifs is 3. The van der Waals surface area contributed by atoms with Gasteiger partial charge in [-0.3, -0.25) is 15.2 Å². The van der Waals surface area contributed by atoms with Crippen molar-refractivity contribution >= 4 is 23.6 Å². The van der Waals surface area contributed by atoms with E-state index in [2.05, 4.69) is 25.5 Å². The lowest BCUT2D eigenvalue weighted by atomic mass is 10.1. The van der Waals surface area contributed by atoms with Gasteiger partial charge in [0, 0.05) is 24.7 Å². The van der Waals surface area contributed by atoms with Gasteiger partial charge in [-0.25, -0.2) is 9.78 Å². The molecular formula is C23H16F3N7O2. The van der Waals surface area contributed by atoms with Crippen molar-refractivity contribution in [2.24, 2.45) is 0 Å². The molecule has 35 heavy (non-hydrogen) atoms. The van der Waals surface area contributed by atoms with Gasteiger partial charge in [0.2, 0.25) is 0 Å². The molecule has 0 bridgehead atoms. The van der Waals surface area contributed by atoms with E-state index < -0.39 is 17.8 Å². The molecule has 2 amide bonds. The van der Waals surface area contributed by atoms with Crippen LogP contribution in [0.5, 0.6) is 0 Å². The summed E-state index contributed by atoms with van der Waals surface area (Å²) in [6.07, 6.45) is -2.43. The van der Waals surface area contributed by atoms with Crippen LogP contribution in [-0.4, -0.2) is 38.9 Å². The summed E-state index contributed by atoms with van der Waals surface area (Å²) in [4.78, 5) is 25.4. The smallest absolute Gasteiger partial charge is 0.401 e. The maximum Gasteiger partial charge on any atom is 0.416 e. The van der Waals surface area contributed by atoms with Crippen LogP contribution in [0.3, 0.4) is 0 Å². The highest BCUT2D eigenvalue weighted by molar-refractivity contribution is 6.05. The summed E-state index contributed by atoms with van der Waals surface area (Å²) in [6, 6.07) is 12.9. The van der Waals surface area contributed by atoms with Crippen LogP contribution in [0.1, 0.15) is 12.0 Å². The molecule has 1 atom stereocenters. The summed E-state index contributed by atoms with van der Waals surface area (Å²) < 4.78 is 45.1. The number of pyridine rings is 2. The Balaban J connectivity index is 1.30. The Morgan fingerprint density at radius 1 is 1.06 bits per heavy atom. The maximum atomic E-state index is 13.2. The number of urea groups is 1. The number of carbonyl (C=O) groups is 1. The fourth-order valence-corrected chi connectivity index (χ4v) is 4.17. The highest BCUT2D eigenvalue weighted by Crippen LogP contribution is 2.45. The van der Waals surface area contributed by atoms with Gasteiger partial charge in [-0.05, 0) is 36.4 Å². The quantitative estimate of drug-likeness (QED) is 0.451. The van der Waals surface area contributed by atoms with Gasteiger partial charge in [0.05, 0.1) is 16.9 Å². The summed E-state index contributed by atoms with van der Waals surface area (Å²) in [5, 5.41) is 10.4. The first-order valence-corrected chi connectivity index (χ1v) is 10.7. The van der Waals surface area contributed by atoms with Crippen LogP contribution < -0.4 is 15.1 Å². The number of alkyl halides is 3. The molecule has 1 unspecified atom stereocenters. The first kappa shape index (κ1) is 21.1. The summed E-state index contributed by atoms with van der Waals surface area (Å²) in [6.45, 7) is 0.733. The van der Waals surface area contributed by atoms with Gasteiger partial charge in [-0.1, -0.05) is 23.3 Å². The van der Waals surface area contributed by atoms with Crippen molar-refractivity contribution in [1.29, 1.82) is 0 Å². The highest BCUT2D eigenvalue weighted by atomic mass is 19.4. The van der Waals surface area contributed by atoms with Crippen molar-refractivity contribution < 1.29 is 22.4 Å². The van der Waals surface area contributed by atoms with E-state index >= 15 is 0 Å². The zero-order chi connectivity index (χ0) is 24.2. The summed E-state index contributed by atoms with van der Waals surface area (Å²) in [7, 11) is 0. The third kappa shape index (κ3) is 3.63. The van der Waals surface area contributed by atoms with Gasteiger partial charge >= 0.3 is 18.2 Å². The van der Waals surface area contributed by atoms with Crippen LogP contribution in [0.4, 0.5) is 35.5 Å². The summed E-state index contributed by atoms with van der Waals surface area (Å²) in [5.74, 6) is 0.502. The van der Waals surface area contributed by atoms with E-state index in [-0.39, 0.29) is 18.1 Å². The molecule has 4 aromatic rings. The molecule has 9 nitrogen and oxygen atoms in total. The summed E-state index contributed by atoms with van der Waals surface area (Å²) >= 11 is 0. The molecule has 0 spiro atoms. The monoisotopic (exact) mass is 479 g/mol. The first-order chi connectivity index (χ1) is 16.9. The van der Waals surface area contributed by atoms with Gasteiger partial charge in [0.25, 0.3) is 5.89 Å². The normalized spacial score (nSPS) is 16.5. The average Bonchev–Trinajstić information content (AvgIpc) is 3.38. The van der Waals surface area contributed by atoms with E-state index in [1.54, 1.807) is 42.6 Å². The van der Waals surface area contributed by atoms with Gasteiger partial charge in [-0.15, -0.1) is 5.10 Å². The molecule has 1 fully saturated rings. The minimum absolute atomic E-state index is 0.107. The van der Waals surface area contributed by atoms with Crippen molar-refractivity contribution in [1.82, 2.24) is 20.2 Å². The molecule has 12 heteroatoms. The Bertz CT molecular complexity index is 1420. The van der Waals surface area contributed by atoms with Crippen molar-refractivity contribution in [2.45, 2.75) is 18.8 Å². The third-order valence-corrected chi connectivity index (χ3v) is 5.91. The highest BCUT2D eigenvalue weighted by Gasteiger charge is 2.46. The standard InChI is InChI=1S/C23H16F3N7O2/c24-23(25,26)14-5-3-4-13(12-14)15-7-8-17-19(28-15)33(18-9-11-32(17)18)22(34)29-21-31-30-20(35-21)16-6-1-2-10-27-16/h1-8,10,12,18H,9,11H2,(H,29,31,34). The Kier molecular flexibility index (Phi) is 4.69. The number of nitrogens with zero attached hydrogens (tertiary/aromatic N) is 6. The van der Waals surface area contributed by atoms with Gasteiger partial charge < -0.3 is 9.32 Å². The zero-order valence-electron chi connectivity index (χ0n) is 17.9. The van der Waals surface area contributed by atoms with Crippen molar-refractivity contribution in [3.8, 4) is 22.8 Å². The molecule has 1 N–H and O–H groups in total. The molecule has 3 aromatic heterocycles. The fraction of sp³-hybridized carbons (Fsp3) is 0.174. The second kappa shape index (κ2) is 7.79. The number of aromatic nitrogens is 4. The number of halogens is 3. The second-order valence-electron chi connectivity index (χ2n) is 8.01. The Labute approximate surface area is 196 Å². The van der Waals surface area contributed by atoms with Crippen LogP contribution in [0.2, 0.25) is 0 Å². The van der Waals surface area contributed by atoms with Crippen LogP contribution in [0.25, 0.3) is 22.8 Å². The van der Waals surface area contributed by atoms with Crippen LogP contribution in [0, 0.1) is 0 Å². The predicted octanol–water partition coefficient (Wildman–Crippen LogP) is 4.80. The van der Waals surface area contributed by atoms with E-state index in [1.165, 1.54) is 11.0 Å². The molecule has 6 rings (SSSR count). The molecule has 176 valence electrons. The molecule has 0 aliphatic carbocycles. The molecule has 0 saturated carbocycles. The Morgan fingerprint density at radius 2 is 1.94 bits per heavy atom. The largest absolute Gasteiger partial charge is 0.416 e. The predicted molar refractivity (Wildman–Crippen MR) is 119 cm³/mol. The Morgan fingerprint density at radius 3 is 2.69 bits per heavy atom. The topological polar surface area (TPSA) is 100 Å². The number of amides is 2. The molecular weight excluding hydrogens is 463 g/mol. The molecule has 2 aliphatic rings. The zero-order valence-corrected chi connectivity index (χ0v) is 17.9. The van der Waals surface area contributed by atoms with Crippen molar-refractivity contribution in [3.63, 3.8) is 0 Å². The fourth-order valence-electron chi connectivity index (χ4n) is 4.17. The van der Waals surface area contributed by atoms with E-state index in [9.17, 15) is 18.0 Å². The van der Waals surface area contributed by atoms with Gasteiger partial charge in [0.15, 0.2) is 5.82 Å². The average molecular weight is 479 g/mol. The van der Waals surface area contributed by atoms with Crippen molar-refractivity contribution in [3.05, 3.63) is 66.4 Å². The lowest BCUT2D eigenvalue weighted by molar-refractivity contribution is -0.137. The third-order valence-electron chi connectivity index (χ3n) is 5.91. The molecule has 1 saturated heterocycles. The van der Waals surface area contributed by atoms with E-state index in [0.29, 0.717) is 29.2 Å². The molecule has 2 aliphatic heterocycles. The number of anilines is 3. The van der Waals surface area contributed by atoms with Gasteiger partial charge in [0.1, 0.15) is 11.9 Å². The first-order valence-electron chi connectivity index (χ1n) is 10.7. The number of benzene rings is 1. The molecule has 1 aromatic carbocycles. The van der Waals surface area contributed by atoms with Crippen LogP contribution in [0.15, 0.2) is 65.2 Å². The SMILES string of the molecule is O=C(Nc1nnc(-c2ccccn2)o1)N1c2nc(-c3cccc(C(F)(F)F)c3)ccc2N2CCC21. The Hall–Kier alpha value is -4.48. The number of nitrogens with one attached hydrogen (secondary N) is 1. The van der Waals surface area contributed by atoms with E-state index in [1.807, 2.05) is 4.90 Å². The lowest BCUT2D eigenvalue weighted by Gasteiger charge is -2.39. The molecule has 5 heterocycles. The van der Waals surface area contributed by atoms with E-state index in [4.69, 9.17) is 4.42 Å². The lowest BCUT2D eigenvalue weighted by Crippen LogP contribution is -2.56. The van der Waals surface area contributed by atoms with Crippen molar-refractivity contribution in [2.75, 3.05) is 21.7 Å².